The highest BCUT2D eigenvalue weighted by atomic mass is 32.1. The topological polar surface area (TPSA) is 94.9 Å². The summed E-state index contributed by atoms with van der Waals surface area (Å²) in [7, 11) is 0. The minimum atomic E-state index is -1.16. The van der Waals surface area contributed by atoms with Crippen LogP contribution < -0.4 is 0 Å². The van der Waals surface area contributed by atoms with Gasteiger partial charge >= 0.3 is 5.97 Å². The number of carbonyl (C=O) groups is 3. The molecule has 1 heterocycles. The van der Waals surface area contributed by atoms with Crippen molar-refractivity contribution < 1.29 is 24.6 Å². The van der Waals surface area contributed by atoms with Gasteiger partial charge in [0.1, 0.15) is 0 Å². The van der Waals surface area contributed by atoms with Gasteiger partial charge in [-0.1, -0.05) is 0 Å². The fourth-order valence-electron chi connectivity index (χ4n) is 3.11. The molecule has 1 unspecified atom stereocenters. The Kier molecular flexibility index (Phi) is 4.73. The van der Waals surface area contributed by atoms with Crippen molar-refractivity contribution in [3.63, 3.8) is 0 Å². The van der Waals surface area contributed by atoms with E-state index in [1.807, 2.05) is 0 Å². The Morgan fingerprint density at radius 2 is 1.86 bits per heavy atom. The lowest BCUT2D eigenvalue weighted by Gasteiger charge is -2.40. The van der Waals surface area contributed by atoms with Crippen LogP contribution in [0.15, 0.2) is 12.2 Å². The number of aliphatic hydroxyl groups is 1. The van der Waals surface area contributed by atoms with E-state index in [0.29, 0.717) is 32.2 Å². The Bertz CT molecular complexity index is 464. The van der Waals surface area contributed by atoms with Crippen LogP contribution in [0.25, 0.3) is 0 Å². The molecular weight excluding hydrogens is 294 g/mol. The predicted octanol–water partition coefficient (Wildman–Crippen LogP) is 0.463. The number of carboxylic acids is 1. The number of aliphatic hydroxyl groups excluding tert-OH is 1. The van der Waals surface area contributed by atoms with E-state index in [0.717, 1.165) is 0 Å². The summed E-state index contributed by atoms with van der Waals surface area (Å²) in [4.78, 5) is 35.7. The van der Waals surface area contributed by atoms with E-state index < -0.39 is 17.5 Å². The molecule has 116 valence electrons. The Morgan fingerprint density at radius 3 is 2.29 bits per heavy atom. The first-order valence-corrected chi connectivity index (χ1v) is 7.60. The molecule has 7 heteroatoms. The van der Waals surface area contributed by atoms with E-state index in [4.69, 9.17) is 0 Å². The molecule has 2 amide bonds. The van der Waals surface area contributed by atoms with Crippen molar-refractivity contribution in [1.82, 2.24) is 4.90 Å². The number of rotatable bonds is 5. The Labute approximate surface area is 128 Å². The standard InChI is InChI=1S/C14H19NO5S/c16-10(8-21)14(13(19)20)5-3-9(4-6-14)7-15-11(17)1-2-12(15)18/h1-2,9-10,16,21H,3-8H2,(H,19,20). The summed E-state index contributed by atoms with van der Waals surface area (Å²) < 4.78 is 0. The van der Waals surface area contributed by atoms with Crippen molar-refractivity contribution in [3.8, 4) is 0 Å². The molecule has 1 saturated carbocycles. The van der Waals surface area contributed by atoms with Crippen LogP contribution in [0.2, 0.25) is 0 Å². The number of hydrogen-bond donors (Lipinski definition) is 3. The zero-order valence-corrected chi connectivity index (χ0v) is 12.5. The van der Waals surface area contributed by atoms with Gasteiger partial charge < -0.3 is 10.2 Å². The number of thiol groups is 1. The summed E-state index contributed by atoms with van der Waals surface area (Å²) in [6.07, 6.45) is 3.30. The largest absolute Gasteiger partial charge is 0.481 e. The van der Waals surface area contributed by atoms with Crippen LogP contribution in [-0.4, -0.2) is 51.3 Å². The van der Waals surface area contributed by atoms with Crippen LogP contribution in [0.4, 0.5) is 0 Å². The van der Waals surface area contributed by atoms with E-state index in [9.17, 15) is 24.6 Å². The predicted molar refractivity (Wildman–Crippen MR) is 77.7 cm³/mol. The van der Waals surface area contributed by atoms with E-state index in [1.54, 1.807) is 0 Å². The second-order valence-electron chi connectivity index (χ2n) is 5.72. The molecule has 0 bridgehead atoms. The molecular formula is C14H19NO5S. The zero-order valence-electron chi connectivity index (χ0n) is 11.6. The third-order valence-electron chi connectivity index (χ3n) is 4.58. The van der Waals surface area contributed by atoms with Crippen molar-refractivity contribution >= 4 is 30.4 Å². The highest BCUT2D eigenvalue weighted by Gasteiger charge is 2.47. The molecule has 0 radical (unpaired) electrons. The number of amides is 2. The molecule has 1 atom stereocenters. The molecule has 2 aliphatic rings. The van der Waals surface area contributed by atoms with Crippen molar-refractivity contribution in [2.24, 2.45) is 11.3 Å². The molecule has 0 aromatic rings. The highest BCUT2D eigenvalue weighted by molar-refractivity contribution is 7.80. The molecule has 1 fully saturated rings. The zero-order chi connectivity index (χ0) is 15.6. The molecule has 0 saturated heterocycles. The summed E-state index contributed by atoms with van der Waals surface area (Å²) in [5.41, 5.74) is -1.16. The van der Waals surface area contributed by atoms with E-state index in [2.05, 4.69) is 12.6 Å². The van der Waals surface area contributed by atoms with E-state index in [1.165, 1.54) is 17.1 Å². The molecule has 21 heavy (non-hydrogen) atoms. The van der Waals surface area contributed by atoms with Gasteiger partial charge in [0.25, 0.3) is 11.8 Å². The van der Waals surface area contributed by atoms with Gasteiger partial charge in [-0.3, -0.25) is 19.3 Å². The van der Waals surface area contributed by atoms with Gasteiger partial charge in [0, 0.05) is 24.4 Å². The van der Waals surface area contributed by atoms with Crippen molar-refractivity contribution in [2.75, 3.05) is 12.3 Å². The molecule has 2 rings (SSSR count). The lowest BCUT2D eigenvalue weighted by Crippen LogP contribution is -2.47. The van der Waals surface area contributed by atoms with Gasteiger partial charge in [0.05, 0.1) is 11.5 Å². The number of hydrogen-bond acceptors (Lipinski definition) is 5. The summed E-state index contributed by atoms with van der Waals surface area (Å²) in [6, 6.07) is 0. The van der Waals surface area contributed by atoms with Gasteiger partial charge in [-0.25, -0.2) is 0 Å². The van der Waals surface area contributed by atoms with Crippen LogP contribution in [0.1, 0.15) is 25.7 Å². The lowest BCUT2D eigenvalue weighted by atomic mass is 9.67. The van der Waals surface area contributed by atoms with Crippen molar-refractivity contribution in [2.45, 2.75) is 31.8 Å². The number of imide groups is 1. The van der Waals surface area contributed by atoms with Gasteiger partial charge in [-0.2, -0.15) is 12.6 Å². The normalized spacial score (nSPS) is 30.8. The van der Waals surface area contributed by atoms with Gasteiger partial charge in [-0.15, -0.1) is 0 Å². The van der Waals surface area contributed by atoms with Crippen LogP contribution in [-0.2, 0) is 14.4 Å². The first-order valence-electron chi connectivity index (χ1n) is 6.96. The minimum absolute atomic E-state index is 0.0809. The van der Waals surface area contributed by atoms with Crippen LogP contribution in [0, 0.1) is 11.3 Å². The Balaban J connectivity index is 1.98. The smallest absolute Gasteiger partial charge is 0.312 e. The van der Waals surface area contributed by atoms with Crippen molar-refractivity contribution in [1.29, 1.82) is 0 Å². The summed E-state index contributed by atoms with van der Waals surface area (Å²) >= 11 is 4.00. The molecule has 0 aromatic carbocycles. The quantitative estimate of drug-likeness (QED) is 0.506. The first kappa shape index (κ1) is 16.0. The molecule has 1 aliphatic carbocycles. The van der Waals surface area contributed by atoms with Crippen LogP contribution in [0.3, 0.4) is 0 Å². The van der Waals surface area contributed by atoms with E-state index in [-0.39, 0.29) is 23.5 Å². The van der Waals surface area contributed by atoms with Gasteiger partial charge in [0.15, 0.2) is 0 Å². The number of carboxylic acid groups (broad SMARTS) is 1. The maximum atomic E-state index is 11.5. The average Bonchev–Trinajstić information content (AvgIpc) is 2.79. The first-order chi connectivity index (χ1) is 9.90. The Morgan fingerprint density at radius 1 is 1.33 bits per heavy atom. The monoisotopic (exact) mass is 313 g/mol. The second kappa shape index (κ2) is 6.19. The third-order valence-corrected chi connectivity index (χ3v) is 4.92. The summed E-state index contributed by atoms with van der Waals surface area (Å²) in [5, 5.41) is 19.4. The minimum Gasteiger partial charge on any atom is -0.481 e. The summed E-state index contributed by atoms with van der Waals surface area (Å²) in [5.74, 6) is -1.45. The fourth-order valence-corrected chi connectivity index (χ4v) is 3.46. The average molecular weight is 313 g/mol. The molecule has 0 spiro atoms. The van der Waals surface area contributed by atoms with Crippen molar-refractivity contribution in [3.05, 3.63) is 12.2 Å². The SMILES string of the molecule is O=C1C=CC(=O)N1CC1CCC(C(=O)O)(C(O)CS)CC1. The summed E-state index contributed by atoms with van der Waals surface area (Å²) in [6.45, 7) is 0.317. The molecule has 1 aliphatic heterocycles. The number of carbonyl (C=O) groups excluding carboxylic acids is 2. The van der Waals surface area contributed by atoms with E-state index >= 15 is 0 Å². The molecule has 0 aromatic heterocycles. The van der Waals surface area contributed by atoms with Gasteiger partial charge in [0.2, 0.25) is 0 Å². The lowest BCUT2D eigenvalue weighted by molar-refractivity contribution is -0.160. The van der Waals surface area contributed by atoms with Crippen LogP contribution >= 0.6 is 12.6 Å². The molecule has 2 N–H and O–H groups in total. The van der Waals surface area contributed by atoms with Gasteiger partial charge in [-0.05, 0) is 31.6 Å². The third kappa shape index (κ3) is 2.98. The Hall–Kier alpha value is -1.34. The second-order valence-corrected chi connectivity index (χ2v) is 6.09. The maximum absolute atomic E-state index is 11.5. The number of aliphatic carboxylic acids is 1. The fraction of sp³-hybridized carbons (Fsp3) is 0.643. The maximum Gasteiger partial charge on any atom is 0.312 e. The number of nitrogens with zero attached hydrogens (tertiary/aromatic N) is 1. The molecule has 6 nitrogen and oxygen atoms in total. The highest BCUT2D eigenvalue weighted by Crippen LogP contribution is 2.42. The van der Waals surface area contributed by atoms with Crippen LogP contribution in [0.5, 0.6) is 0 Å².